The van der Waals surface area contributed by atoms with E-state index in [2.05, 4.69) is 4.98 Å². The van der Waals surface area contributed by atoms with E-state index >= 15 is 0 Å². The Labute approximate surface area is 130 Å². The van der Waals surface area contributed by atoms with E-state index in [0.717, 1.165) is 9.88 Å². The number of hydrogen-bond donors (Lipinski definition) is 0. The topological polar surface area (TPSA) is 48.4 Å². The lowest BCUT2D eigenvalue weighted by Gasteiger charge is -2.28. The summed E-state index contributed by atoms with van der Waals surface area (Å²) >= 11 is 1.57. The number of carbonyl (C=O) groups is 1. The van der Waals surface area contributed by atoms with Crippen LogP contribution in [-0.4, -0.2) is 24.2 Å². The van der Waals surface area contributed by atoms with Crippen molar-refractivity contribution in [3.63, 3.8) is 0 Å². The van der Waals surface area contributed by atoms with Gasteiger partial charge in [0.1, 0.15) is 11.1 Å². The van der Waals surface area contributed by atoms with Crippen LogP contribution in [0.25, 0.3) is 0 Å². The van der Waals surface area contributed by atoms with Crippen LogP contribution in [0, 0.1) is 12.8 Å². The molecule has 0 radical (unpaired) electrons. The Hall–Kier alpha value is -0.940. The van der Waals surface area contributed by atoms with Gasteiger partial charge in [0.05, 0.1) is 6.61 Å². The Balaban J connectivity index is 2.19. The van der Waals surface area contributed by atoms with Gasteiger partial charge in [-0.1, -0.05) is 19.3 Å². The molecule has 1 fully saturated rings. The summed E-state index contributed by atoms with van der Waals surface area (Å²) in [6, 6.07) is 0. The summed E-state index contributed by atoms with van der Waals surface area (Å²) in [4.78, 5) is 17.4. The van der Waals surface area contributed by atoms with Gasteiger partial charge < -0.3 is 9.47 Å². The number of nitrogens with zero attached hydrogens (tertiary/aromatic N) is 1. The third-order valence-electron chi connectivity index (χ3n) is 3.95. The van der Waals surface area contributed by atoms with Crippen molar-refractivity contribution in [1.29, 1.82) is 0 Å². The van der Waals surface area contributed by atoms with Crippen molar-refractivity contribution >= 4 is 17.3 Å². The lowest BCUT2D eigenvalue weighted by atomic mass is 9.85. The maximum absolute atomic E-state index is 11.9. The third-order valence-corrected chi connectivity index (χ3v) is 4.98. The summed E-state index contributed by atoms with van der Waals surface area (Å²) < 4.78 is 11.0. The number of aryl methyl sites for hydroxylation is 1. The molecule has 4 nitrogen and oxygen atoms in total. The Morgan fingerprint density at radius 1 is 1.29 bits per heavy atom. The predicted molar refractivity (Wildman–Crippen MR) is 83.7 cm³/mol. The van der Waals surface area contributed by atoms with Gasteiger partial charge >= 0.3 is 5.97 Å². The first kappa shape index (κ1) is 16.4. The number of thiazole rings is 1. The van der Waals surface area contributed by atoms with Crippen LogP contribution in [0.1, 0.15) is 72.4 Å². The first-order valence-corrected chi connectivity index (χ1v) is 8.75. The molecule has 5 heteroatoms. The molecule has 0 amide bonds. The van der Waals surface area contributed by atoms with Gasteiger partial charge in [0.25, 0.3) is 0 Å². The Bertz CT molecular complexity index is 466. The maximum atomic E-state index is 11.9. The molecular formula is C16H25NO3S. The van der Waals surface area contributed by atoms with Crippen molar-refractivity contribution < 1.29 is 14.3 Å². The highest BCUT2D eigenvalue weighted by molar-refractivity contribution is 7.11. The highest BCUT2D eigenvalue weighted by Gasteiger charge is 2.29. The molecule has 118 valence electrons. The van der Waals surface area contributed by atoms with Crippen LogP contribution in [0.5, 0.6) is 0 Å². The van der Waals surface area contributed by atoms with Gasteiger partial charge in [0.15, 0.2) is 5.69 Å². The van der Waals surface area contributed by atoms with Crippen molar-refractivity contribution in [1.82, 2.24) is 4.98 Å². The molecule has 0 aliphatic heterocycles. The van der Waals surface area contributed by atoms with E-state index in [-0.39, 0.29) is 12.1 Å². The average molecular weight is 311 g/mol. The molecule has 1 unspecified atom stereocenters. The average Bonchev–Trinajstić information content (AvgIpc) is 2.87. The van der Waals surface area contributed by atoms with Crippen LogP contribution in [-0.2, 0) is 9.47 Å². The Morgan fingerprint density at radius 2 is 2.00 bits per heavy atom. The maximum Gasteiger partial charge on any atom is 0.358 e. The standard InChI is InChI=1S/C16H25NO3S/c1-4-19-14(12-9-7-6-8-10-12)15-17-13(11(3)21-15)16(18)20-5-2/h12,14H,4-10H2,1-3H3. The molecule has 2 rings (SSSR count). The molecule has 1 heterocycles. The molecule has 1 saturated carbocycles. The summed E-state index contributed by atoms with van der Waals surface area (Å²) in [6.45, 7) is 6.81. The van der Waals surface area contributed by atoms with E-state index in [1.54, 1.807) is 11.3 Å². The minimum Gasteiger partial charge on any atom is -0.461 e. The zero-order valence-electron chi connectivity index (χ0n) is 13.2. The number of ether oxygens (including phenoxy) is 2. The first-order valence-electron chi connectivity index (χ1n) is 7.93. The Kier molecular flexibility index (Phi) is 6.18. The van der Waals surface area contributed by atoms with E-state index in [4.69, 9.17) is 9.47 Å². The molecule has 1 atom stereocenters. The Morgan fingerprint density at radius 3 is 2.62 bits per heavy atom. The molecule has 0 bridgehead atoms. The second-order valence-corrected chi connectivity index (χ2v) is 6.69. The van der Waals surface area contributed by atoms with Gasteiger partial charge in [-0.25, -0.2) is 9.78 Å². The van der Waals surface area contributed by atoms with Crippen LogP contribution >= 0.6 is 11.3 Å². The van der Waals surface area contributed by atoms with Crippen LogP contribution in [0.2, 0.25) is 0 Å². The van der Waals surface area contributed by atoms with Gasteiger partial charge in [-0.3, -0.25) is 0 Å². The SMILES string of the molecule is CCOC(=O)c1nc(C(OCC)C2CCCCC2)sc1C. The van der Waals surface area contributed by atoms with Crippen molar-refractivity contribution in [3.8, 4) is 0 Å². The third kappa shape index (κ3) is 4.04. The quantitative estimate of drug-likeness (QED) is 0.735. The summed E-state index contributed by atoms with van der Waals surface area (Å²) in [7, 11) is 0. The molecule has 0 spiro atoms. The molecule has 1 aliphatic rings. The van der Waals surface area contributed by atoms with Crippen molar-refractivity contribution in [2.45, 2.75) is 59.0 Å². The van der Waals surface area contributed by atoms with Crippen molar-refractivity contribution in [3.05, 3.63) is 15.6 Å². The fraction of sp³-hybridized carbons (Fsp3) is 0.750. The van der Waals surface area contributed by atoms with E-state index in [1.807, 2.05) is 20.8 Å². The number of carbonyl (C=O) groups excluding carboxylic acids is 1. The minimum atomic E-state index is -0.323. The van der Waals surface area contributed by atoms with Crippen molar-refractivity contribution in [2.24, 2.45) is 5.92 Å². The summed E-state index contributed by atoms with van der Waals surface area (Å²) in [5.74, 6) is 0.204. The van der Waals surface area contributed by atoms with Crippen LogP contribution < -0.4 is 0 Å². The smallest absolute Gasteiger partial charge is 0.358 e. The second kappa shape index (κ2) is 7.90. The summed E-state index contributed by atoms with van der Waals surface area (Å²) in [5, 5.41) is 0.935. The number of aromatic nitrogens is 1. The predicted octanol–water partition coefficient (Wildman–Crippen LogP) is 4.29. The summed E-state index contributed by atoms with van der Waals surface area (Å²) in [6.07, 6.45) is 6.27. The van der Waals surface area contributed by atoms with Crippen molar-refractivity contribution in [2.75, 3.05) is 13.2 Å². The van der Waals surface area contributed by atoms with Gasteiger partial charge in [-0.2, -0.15) is 0 Å². The van der Waals surface area contributed by atoms with Gasteiger partial charge in [0, 0.05) is 11.5 Å². The van der Waals surface area contributed by atoms with Gasteiger partial charge in [-0.05, 0) is 39.5 Å². The van der Waals surface area contributed by atoms with Crippen LogP contribution in [0.15, 0.2) is 0 Å². The number of hydrogen-bond acceptors (Lipinski definition) is 5. The lowest BCUT2D eigenvalue weighted by molar-refractivity contribution is 0.00534. The molecule has 0 aromatic carbocycles. The van der Waals surface area contributed by atoms with E-state index < -0.39 is 0 Å². The van der Waals surface area contributed by atoms with Gasteiger partial charge in [-0.15, -0.1) is 11.3 Å². The fourth-order valence-electron chi connectivity index (χ4n) is 2.95. The summed E-state index contributed by atoms with van der Waals surface area (Å²) in [5.41, 5.74) is 0.456. The zero-order valence-corrected chi connectivity index (χ0v) is 14.0. The molecule has 1 aromatic heterocycles. The second-order valence-electron chi connectivity index (χ2n) is 5.45. The highest BCUT2D eigenvalue weighted by Crippen LogP contribution is 2.39. The largest absolute Gasteiger partial charge is 0.461 e. The van der Waals surface area contributed by atoms with E-state index in [1.165, 1.54) is 32.1 Å². The number of esters is 1. The molecule has 1 aromatic rings. The van der Waals surface area contributed by atoms with Crippen LogP contribution in [0.4, 0.5) is 0 Å². The molecule has 0 saturated heterocycles. The molecule has 0 N–H and O–H groups in total. The van der Waals surface area contributed by atoms with Gasteiger partial charge in [0.2, 0.25) is 0 Å². The highest BCUT2D eigenvalue weighted by atomic mass is 32.1. The van der Waals surface area contributed by atoms with E-state index in [0.29, 0.717) is 24.8 Å². The van der Waals surface area contributed by atoms with E-state index in [9.17, 15) is 4.79 Å². The monoisotopic (exact) mass is 311 g/mol. The normalized spacial score (nSPS) is 17.7. The first-order chi connectivity index (χ1) is 10.2. The minimum absolute atomic E-state index is 0.0298. The van der Waals surface area contributed by atoms with Crippen LogP contribution in [0.3, 0.4) is 0 Å². The molecule has 1 aliphatic carbocycles. The zero-order chi connectivity index (χ0) is 15.2. The number of rotatable bonds is 6. The molecular weight excluding hydrogens is 286 g/mol. The molecule has 21 heavy (non-hydrogen) atoms. The lowest BCUT2D eigenvalue weighted by Crippen LogP contribution is -2.19. The fourth-order valence-corrected chi connectivity index (χ4v) is 4.01.